The van der Waals surface area contributed by atoms with Gasteiger partial charge >= 0.3 is 5.97 Å². The zero-order valence-electron chi connectivity index (χ0n) is 14.5. The van der Waals surface area contributed by atoms with Gasteiger partial charge in [0.1, 0.15) is 5.92 Å². The molecule has 0 saturated heterocycles. The minimum atomic E-state index is -0.521. The molecule has 5 heteroatoms. The molecule has 0 radical (unpaired) electrons. The van der Waals surface area contributed by atoms with Gasteiger partial charge in [-0.2, -0.15) is 0 Å². The quantitative estimate of drug-likeness (QED) is 0.503. The molecular weight excluding hydrogens is 429 g/mol. The average molecular weight is 451 g/mol. The Kier molecular flexibility index (Phi) is 5.71. The molecule has 0 saturated carbocycles. The standard InChI is InChI=1S/C20H22INO3/c1-3-11-25-20(24)17-12(2)22-15-5-4-6-16(23)19(15)18(17)13-7-9-14(21)10-8-13/h7-10,17-18H,3-6,11H2,1-2H3/t17?,18-/m1/s1. The molecule has 0 fully saturated rings. The minimum Gasteiger partial charge on any atom is -0.465 e. The molecule has 0 amide bonds. The molecule has 0 spiro atoms. The van der Waals surface area contributed by atoms with E-state index in [1.165, 1.54) is 0 Å². The van der Waals surface area contributed by atoms with E-state index in [0.717, 1.165) is 45.4 Å². The Morgan fingerprint density at radius 1 is 1.28 bits per heavy atom. The van der Waals surface area contributed by atoms with E-state index in [2.05, 4.69) is 27.6 Å². The third-order valence-electron chi connectivity index (χ3n) is 4.77. The highest BCUT2D eigenvalue weighted by Crippen LogP contribution is 2.43. The predicted octanol–water partition coefficient (Wildman–Crippen LogP) is 4.43. The van der Waals surface area contributed by atoms with Gasteiger partial charge in [-0.25, -0.2) is 0 Å². The van der Waals surface area contributed by atoms with E-state index in [9.17, 15) is 9.59 Å². The van der Waals surface area contributed by atoms with Crippen molar-refractivity contribution in [3.05, 3.63) is 44.7 Å². The van der Waals surface area contributed by atoms with Crippen LogP contribution in [0.5, 0.6) is 0 Å². The van der Waals surface area contributed by atoms with Crippen molar-refractivity contribution in [2.75, 3.05) is 6.61 Å². The Morgan fingerprint density at radius 3 is 2.68 bits per heavy atom. The second-order valence-electron chi connectivity index (χ2n) is 6.56. The van der Waals surface area contributed by atoms with Gasteiger partial charge < -0.3 is 4.74 Å². The number of benzene rings is 1. The number of hydrogen-bond donors (Lipinski definition) is 0. The molecule has 2 aliphatic rings. The van der Waals surface area contributed by atoms with Gasteiger partial charge in [-0.3, -0.25) is 14.6 Å². The van der Waals surface area contributed by atoms with Crippen LogP contribution >= 0.6 is 22.6 Å². The van der Waals surface area contributed by atoms with E-state index in [4.69, 9.17) is 4.74 Å². The zero-order valence-corrected chi connectivity index (χ0v) is 16.7. The molecule has 1 aromatic rings. The van der Waals surface area contributed by atoms with E-state index in [1.54, 1.807) is 0 Å². The fraction of sp³-hybridized carbons (Fsp3) is 0.450. The number of rotatable bonds is 4. The molecule has 1 heterocycles. The summed E-state index contributed by atoms with van der Waals surface area (Å²) < 4.78 is 6.56. The summed E-state index contributed by atoms with van der Waals surface area (Å²) in [6.45, 7) is 4.24. The monoisotopic (exact) mass is 451 g/mol. The number of carbonyl (C=O) groups excluding carboxylic acids is 2. The molecule has 3 rings (SSSR count). The van der Waals surface area contributed by atoms with Crippen molar-refractivity contribution >= 4 is 40.1 Å². The maximum Gasteiger partial charge on any atom is 0.315 e. The van der Waals surface area contributed by atoms with Crippen molar-refractivity contribution in [2.24, 2.45) is 10.9 Å². The number of Topliss-reactive ketones (excluding diaryl/α,β-unsaturated/α-hetero) is 1. The summed E-state index contributed by atoms with van der Waals surface area (Å²) in [6, 6.07) is 8.05. The van der Waals surface area contributed by atoms with Crippen LogP contribution in [-0.4, -0.2) is 24.1 Å². The largest absolute Gasteiger partial charge is 0.465 e. The summed E-state index contributed by atoms with van der Waals surface area (Å²) in [5, 5.41) is 0. The number of aliphatic imine (C=N–C) groups is 1. The lowest BCUT2D eigenvalue weighted by molar-refractivity contribution is -0.146. The zero-order chi connectivity index (χ0) is 18.0. The van der Waals surface area contributed by atoms with Gasteiger partial charge in [-0.1, -0.05) is 19.1 Å². The number of esters is 1. The number of ether oxygens (including phenoxy) is 1. The molecule has 0 bridgehead atoms. The first-order valence-corrected chi connectivity index (χ1v) is 9.84. The molecule has 1 aromatic carbocycles. The SMILES string of the molecule is CCCOC(=O)C1C(C)=NC2=C(C(=O)CCC2)[C@@H]1c1ccc(I)cc1. The second-order valence-corrected chi connectivity index (χ2v) is 7.81. The Hall–Kier alpha value is -1.50. The van der Waals surface area contributed by atoms with Crippen LogP contribution < -0.4 is 0 Å². The summed E-state index contributed by atoms with van der Waals surface area (Å²) in [4.78, 5) is 30.1. The topological polar surface area (TPSA) is 55.7 Å². The lowest BCUT2D eigenvalue weighted by atomic mass is 9.72. The normalized spacial score (nSPS) is 23.2. The van der Waals surface area contributed by atoms with Crippen molar-refractivity contribution in [3.8, 4) is 0 Å². The third kappa shape index (κ3) is 3.71. The van der Waals surface area contributed by atoms with Gasteiger partial charge in [0.2, 0.25) is 0 Å². The molecule has 132 valence electrons. The van der Waals surface area contributed by atoms with Crippen LogP contribution in [0.1, 0.15) is 51.0 Å². The average Bonchev–Trinajstić information content (AvgIpc) is 2.59. The van der Waals surface area contributed by atoms with Crippen molar-refractivity contribution in [2.45, 2.75) is 45.4 Å². The lowest BCUT2D eigenvalue weighted by Gasteiger charge is -2.34. The summed E-state index contributed by atoms with van der Waals surface area (Å²) in [7, 11) is 0. The number of carbonyl (C=O) groups is 2. The summed E-state index contributed by atoms with van der Waals surface area (Å²) in [5.41, 5.74) is 3.31. The van der Waals surface area contributed by atoms with Gasteiger partial charge in [0.15, 0.2) is 5.78 Å². The highest BCUT2D eigenvalue weighted by Gasteiger charge is 2.42. The van der Waals surface area contributed by atoms with Gasteiger partial charge in [-0.15, -0.1) is 0 Å². The maximum absolute atomic E-state index is 12.8. The summed E-state index contributed by atoms with van der Waals surface area (Å²) >= 11 is 2.26. The number of allylic oxidation sites excluding steroid dienone is 2. The molecule has 4 nitrogen and oxygen atoms in total. The van der Waals surface area contributed by atoms with Gasteiger partial charge in [0.25, 0.3) is 0 Å². The fourth-order valence-electron chi connectivity index (χ4n) is 3.63. The second kappa shape index (κ2) is 7.81. The fourth-order valence-corrected chi connectivity index (χ4v) is 3.99. The van der Waals surface area contributed by atoms with Crippen molar-refractivity contribution < 1.29 is 14.3 Å². The Morgan fingerprint density at radius 2 is 2.00 bits per heavy atom. The van der Waals surface area contributed by atoms with Crippen LogP contribution in [0.15, 0.2) is 40.5 Å². The van der Waals surface area contributed by atoms with Gasteiger partial charge in [-0.05, 0) is 66.5 Å². The van der Waals surface area contributed by atoms with Crippen molar-refractivity contribution in [1.29, 1.82) is 0 Å². The highest BCUT2D eigenvalue weighted by atomic mass is 127. The third-order valence-corrected chi connectivity index (χ3v) is 5.49. The smallest absolute Gasteiger partial charge is 0.315 e. The van der Waals surface area contributed by atoms with Crippen LogP contribution in [0.4, 0.5) is 0 Å². The van der Waals surface area contributed by atoms with E-state index >= 15 is 0 Å². The number of ketones is 1. The predicted molar refractivity (Wildman–Crippen MR) is 106 cm³/mol. The van der Waals surface area contributed by atoms with Crippen molar-refractivity contribution in [1.82, 2.24) is 0 Å². The maximum atomic E-state index is 12.8. The van der Waals surface area contributed by atoms with E-state index < -0.39 is 5.92 Å². The number of hydrogen-bond acceptors (Lipinski definition) is 4. The molecule has 1 aliphatic heterocycles. The van der Waals surface area contributed by atoms with Crippen LogP contribution in [0, 0.1) is 9.49 Å². The number of halogens is 1. The molecule has 0 N–H and O–H groups in total. The van der Waals surface area contributed by atoms with Crippen LogP contribution in [0.25, 0.3) is 0 Å². The summed E-state index contributed by atoms with van der Waals surface area (Å²) in [5.74, 6) is -0.972. The molecule has 25 heavy (non-hydrogen) atoms. The molecular formula is C20H22INO3. The first-order valence-electron chi connectivity index (χ1n) is 8.76. The lowest BCUT2D eigenvalue weighted by Crippen LogP contribution is -2.37. The highest BCUT2D eigenvalue weighted by molar-refractivity contribution is 14.1. The van der Waals surface area contributed by atoms with E-state index in [0.29, 0.717) is 13.0 Å². The first-order chi connectivity index (χ1) is 12.0. The number of nitrogens with zero attached hydrogens (tertiary/aromatic N) is 1. The van der Waals surface area contributed by atoms with Gasteiger partial charge in [0, 0.05) is 32.9 Å². The van der Waals surface area contributed by atoms with E-state index in [-0.39, 0.29) is 17.7 Å². The van der Waals surface area contributed by atoms with Crippen LogP contribution in [-0.2, 0) is 14.3 Å². The molecule has 2 atom stereocenters. The first kappa shape index (κ1) is 18.3. The van der Waals surface area contributed by atoms with E-state index in [1.807, 2.05) is 38.1 Å². The molecule has 1 unspecified atom stereocenters. The molecule has 1 aliphatic carbocycles. The minimum absolute atomic E-state index is 0.120. The Balaban J connectivity index is 2.08. The van der Waals surface area contributed by atoms with Gasteiger partial charge in [0.05, 0.1) is 6.61 Å². The van der Waals surface area contributed by atoms with Crippen molar-refractivity contribution in [3.63, 3.8) is 0 Å². The van der Waals surface area contributed by atoms with Crippen LogP contribution in [0.2, 0.25) is 0 Å². The molecule has 0 aromatic heterocycles. The Bertz CT molecular complexity index is 749. The summed E-state index contributed by atoms with van der Waals surface area (Å²) in [6.07, 6.45) is 2.94. The Labute approximate surface area is 161 Å². The van der Waals surface area contributed by atoms with Crippen LogP contribution in [0.3, 0.4) is 0 Å².